The Labute approximate surface area is 156 Å². The Morgan fingerprint density at radius 3 is 1.85 bits per heavy atom. The van der Waals surface area contributed by atoms with Gasteiger partial charge in [-0.3, -0.25) is 9.32 Å². The Morgan fingerprint density at radius 1 is 1.00 bits per heavy atom. The minimum Gasteiger partial charge on any atom is -0.480 e. The number of aliphatic hydroxyl groups excluding tert-OH is 1. The molecule has 1 amide bonds. The number of rotatable bonds is 16. The first kappa shape index (κ1) is 25.1. The fourth-order valence-corrected chi connectivity index (χ4v) is 4.04. The fourth-order valence-electron chi connectivity index (χ4n) is 2.67. The van der Waals surface area contributed by atoms with E-state index in [-0.39, 0.29) is 11.3 Å². The van der Waals surface area contributed by atoms with Crippen molar-refractivity contribution in [2.75, 3.05) is 13.2 Å². The molecule has 0 saturated carbocycles. The number of nitrogens with zero attached hydrogens (tertiary/aromatic N) is 1. The van der Waals surface area contributed by atoms with Crippen molar-refractivity contribution in [3.63, 3.8) is 0 Å². The van der Waals surface area contributed by atoms with Crippen LogP contribution in [0.25, 0.3) is 0 Å². The minimum atomic E-state index is -4.62. The highest BCUT2D eigenvalue weighted by Gasteiger charge is 2.41. The molecule has 0 aliphatic heterocycles. The van der Waals surface area contributed by atoms with E-state index in [0.717, 1.165) is 26.2 Å². The normalized spacial score (nSPS) is 14.6. The second-order valence-corrected chi connectivity index (χ2v) is 8.08. The average molecular weight is 395 g/mol. The van der Waals surface area contributed by atoms with Gasteiger partial charge < -0.3 is 15.1 Å². The zero-order chi connectivity index (χ0) is 20.0. The Hall–Kier alpha value is -0.950. The van der Waals surface area contributed by atoms with Crippen LogP contribution >= 0.6 is 7.75 Å². The predicted molar refractivity (Wildman–Crippen MR) is 98.7 cm³/mol. The summed E-state index contributed by atoms with van der Waals surface area (Å²) in [4.78, 5) is 32.5. The molecule has 8 nitrogen and oxygen atoms in total. The lowest BCUT2D eigenvalue weighted by Crippen LogP contribution is -2.44. The zero-order valence-corrected chi connectivity index (χ0v) is 16.8. The summed E-state index contributed by atoms with van der Waals surface area (Å²) >= 11 is 0. The van der Waals surface area contributed by atoms with Gasteiger partial charge in [-0.25, -0.2) is 14.0 Å². The third kappa shape index (κ3) is 10.3. The van der Waals surface area contributed by atoms with Gasteiger partial charge in [-0.15, -0.1) is 0 Å². The molecule has 0 aliphatic rings. The van der Waals surface area contributed by atoms with Crippen LogP contribution in [0.1, 0.15) is 78.1 Å². The van der Waals surface area contributed by atoms with E-state index in [9.17, 15) is 19.0 Å². The van der Waals surface area contributed by atoms with E-state index in [1.807, 2.05) is 0 Å². The molecule has 1 unspecified atom stereocenters. The van der Waals surface area contributed by atoms with Crippen molar-refractivity contribution in [2.45, 2.75) is 84.1 Å². The van der Waals surface area contributed by atoms with Gasteiger partial charge in [0.15, 0.2) is 6.04 Å². The van der Waals surface area contributed by atoms with Crippen LogP contribution in [0.15, 0.2) is 0 Å². The maximum absolute atomic E-state index is 12.2. The molecule has 0 rings (SSSR count). The number of carbonyl (C=O) groups is 2. The van der Waals surface area contributed by atoms with Crippen molar-refractivity contribution in [2.24, 2.45) is 0 Å². The van der Waals surface area contributed by atoms with E-state index >= 15 is 0 Å². The van der Waals surface area contributed by atoms with Crippen molar-refractivity contribution >= 4 is 19.6 Å². The summed E-state index contributed by atoms with van der Waals surface area (Å²) < 4.78 is 17.3. The second kappa shape index (κ2) is 14.2. The first-order chi connectivity index (χ1) is 12.3. The van der Waals surface area contributed by atoms with Crippen molar-refractivity contribution in [3.8, 4) is 0 Å². The van der Waals surface area contributed by atoms with Crippen LogP contribution in [0.4, 0.5) is 0 Å². The monoisotopic (exact) mass is 395 g/mol. The summed E-state index contributed by atoms with van der Waals surface area (Å²) in [7, 11) is -4.62. The molecule has 0 aromatic rings. The molecule has 0 spiro atoms. The maximum Gasteiger partial charge on any atom is 0.435 e. The van der Waals surface area contributed by atoms with Crippen LogP contribution in [-0.2, 0) is 18.7 Å². The molecule has 0 aliphatic carbocycles. The lowest BCUT2D eigenvalue weighted by Gasteiger charge is -2.29. The van der Waals surface area contributed by atoms with Gasteiger partial charge in [0.05, 0.1) is 13.2 Å². The highest BCUT2D eigenvalue weighted by atomic mass is 31.2. The molecule has 9 heteroatoms. The van der Waals surface area contributed by atoms with Crippen LogP contribution < -0.4 is 0 Å². The minimum absolute atomic E-state index is 0.0498. The van der Waals surface area contributed by atoms with E-state index < -0.39 is 32.3 Å². The number of aliphatic carboxylic acids is 1. The molecule has 0 bridgehead atoms. The van der Waals surface area contributed by atoms with Gasteiger partial charge in [0, 0.05) is 6.92 Å². The number of amides is 1. The molecule has 0 aromatic heterocycles. The molecule has 0 heterocycles. The number of unbranched alkanes of at least 4 members (excludes halogenated alkanes) is 9. The number of carbonyl (C=O) groups excluding carboxylic acids is 1. The molecule has 0 saturated heterocycles. The average Bonchev–Trinajstić information content (AvgIpc) is 2.56. The predicted octanol–water partition coefficient (Wildman–Crippen LogP) is 3.32. The van der Waals surface area contributed by atoms with Gasteiger partial charge in [-0.2, -0.15) is 0 Å². The summed E-state index contributed by atoms with van der Waals surface area (Å²) in [6.45, 7) is 2.12. The Kier molecular flexibility index (Phi) is 13.6. The van der Waals surface area contributed by atoms with Crippen molar-refractivity contribution in [3.05, 3.63) is 0 Å². The quantitative estimate of drug-likeness (QED) is 0.270. The van der Waals surface area contributed by atoms with E-state index in [2.05, 4.69) is 6.92 Å². The van der Waals surface area contributed by atoms with Crippen LogP contribution in [0.5, 0.6) is 0 Å². The third-order valence-electron chi connectivity index (χ3n) is 4.11. The number of carboxylic acids is 1. The smallest absolute Gasteiger partial charge is 0.435 e. The maximum atomic E-state index is 12.2. The lowest BCUT2D eigenvalue weighted by atomic mass is 10.1. The SMILES string of the molecule is CCCCCCCCCCCCOP(=O)(O)N(C(C)=O)[C@@H](CO)C(=O)O. The number of hydrogen-bond donors (Lipinski definition) is 3. The summed E-state index contributed by atoms with van der Waals surface area (Å²) in [6, 6.07) is -1.81. The van der Waals surface area contributed by atoms with Crippen molar-refractivity contribution in [1.29, 1.82) is 0 Å². The van der Waals surface area contributed by atoms with Crippen molar-refractivity contribution < 1.29 is 33.8 Å². The number of aliphatic hydroxyl groups is 1. The molecule has 3 N–H and O–H groups in total. The van der Waals surface area contributed by atoms with Crippen LogP contribution in [0.2, 0.25) is 0 Å². The zero-order valence-electron chi connectivity index (χ0n) is 15.9. The molecular weight excluding hydrogens is 361 g/mol. The molecule has 154 valence electrons. The van der Waals surface area contributed by atoms with Gasteiger partial charge in [0.25, 0.3) is 0 Å². The number of carboxylic acid groups (broad SMARTS) is 1. The molecule has 0 aromatic carbocycles. The topological polar surface area (TPSA) is 124 Å². The summed E-state index contributed by atoms with van der Waals surface area (Å²) in [5.74, 6) is -2.51. The molecule has 26 heavy (non-hydrogen) atoms. The lowest BCUT2D eigenvalue weighted by molar-refractivity contribution is -0.148. The fraction of sp³-hybridized carbons (Fsp3) is 0.882. The molecular formula is C17H34NO7P. The van der Waals surface area contributed by atoms with Gasteiger partial charge in [0.2, 0.25) is 5.91 Å². The van der Waals surface area contributed by atoms with Gasteiger partial charge in [-0.05, 0) is 6.42 Å². The van der Waals surface area contributed by atoms with E-state index in [4.69, 9.17) is 14.7 Å². The highest BCUT2D eigenvalue weighted by Crippen LogP contribution is 2.48. The van der Waals surface area contributed by atoms with Crippen LogP contribution in [-0.4, -0.2) is 50.9 Å². The van der Waals surface area contributed by atoms with Crippen LogP contribution in [0.3, 0.4) is 0 Å². The first-order valence-electron chi connectivity index (χ1n) is 9.39. The standard InChI is InChI=1S/C17H34NO7P/c1-3-4-5-6-7-8-9-10-11-12-13-25-26(23,24)18(15(2)20)16(14-19)17(21)22/h16,19H,3-14H2,1-2H3,(H,21,22)(H,23,24)/t16-/m0/s1. The van der Waals surface area contributed by atoms with Crippen LogP contribution in [0, 0.1) is 0 Å². The van der Waals surface area contributed by atoms with E-state index in [0.29, 0.717) is 6.42 Å². The van der Waals surface area contributed by atoms with Gasteiger partial charge in [-0.1, -0.05) is 64.7 Å². The summed E-state index contributed by atoms with van der Waals surface area (Å²) in [5, 5.41) is 18.1. The highest BCUT2D eigenvalue weighted by molar-refractivity contribution is 7.51. The second-order valence-electron chi connectivity index (χ2n) is 6.41. The summed E-state index contributed by atoms with van der Waals surface area (Å²) in [6.07, 6.45) is 11.0. The Bertz CT molecular complexity index is 458. The van der Waals surface area contributed by atoms with Crippen molar-refractivity contribution in [1.82, 2.24) is 4.67 Å². The molecule has 2 atom stereocenters. The van der Waals surface area contributed by atoms with E-state index in [1.54, 1.807) is 0 Å². The molecule has 0 fully saturated rings. The van der Waals surface area contributed by atoms with Gasteiger partial charge in [0.1, 0.15) is 0 Å². The van der Waals surface area contributed by atoms with E-state index in [1.165, 1.54) is 38.5 Å². The van der Waals surface area contributed by atoms with Gasteiger partial charge >= 0.3 is 13.7 Å². The first-order valence-corrected chi connectivity index (χ1v) is 10.9. The number of hydrogen-bond acceptors (Lipinski definition) is 5. The Morgan fingerprint density at radius 2 is 1.46 bits per heavy atom. The largest absolute Gasteiger partial charge is 0.480 e. The Balaban J connectivity index is 4.10. The molecule has 0 radical (unpaired) electrons. The summed E-state index contributed by atoms with van der Waals surface area (Å²) in [5.41, 5.74) is 0. The third-order valence-corrected chi connectivity index (χ3v) is 5.73.